The van der Waals surface area contributed by atoms with Crippen molar-refractivity contribution < 1.29 is 17.9 Å². The van der Waals surface area contributed by atoms with Gasteiger partial charge in [-0.05, 0) is 54.4 Å². The normalized spacial score (nSPS) is 12.6. The highest BCUT2D eigenvalue weighted by molar-refractivity contribution is 9.10. The molecule has 0 saturated carbocycles. The second-order valence-electron chi connectivity index (χ2n) is 4.92. The summed E-state index contributed by atoms with van der Waals surface area (Å²) in [7, 11) is 0. The number of benzene rings is 1. The zero-order chi connectivity index (χ0) is 14.0. The van der Waals surface area contributed by atoms with Crippen LogP contribution in [0.4, 0.5) is 13.2 Å². The Labute approximate surface area is 113 Å². The molecule has 0 heterocycles. The number of ether oxygens (including phenoxy) is 1. The summed E-state index contributed by atoms with van der Waals surface area (Å²) in [6, 6.07) is 4.52. The molecule has 0 aliphatic rings. The predicted octanol–water partition coefficient (Wildman–Crippen LogP) is 4.24. The Morgan fingerprint density at radius 2 is 1.83 bits per heavy atom. The fraction of sp³-hybridized carbons (Fsp3) is 0.500. The zero-order valence-corrected chi connectivity index (χ0v) is 11.9. The number of hydrogen-bond acceptors (Lipinski definition) is 2. The fourth-order valence-corrected chi connectivity index (χ4v) is 1.74. The van der Waals surface area contributed by atoms with E-state index in [1.165, 1.54) is 6.07 Å². The minimum absolute atomic E-state index is 0.0480. The van der Waals surface area contributed by atoms with E-state index in [2.05, 4.69) is 26.0 Å². The maximum atomic E-state index is 12.1. The molecule has 0 saturated heterocycles. The molecule has 0 aliphatic heterocycles. The first-order chi connectivity index (χ1) is 8.07. The van der Waals surface area contributed by atoms with Crippen LogP contribution in [0.15, 0.2) is 22.7 Å². The van der Waals surface area contributed by atoms with Gasteiger partial charge in [-0.1, -0.05) is 6.07 Å². The molecule has 0 unspecified atom stereocenters. The highest BCUT2D eigenvalue weighted by Crippen LogP contribution is 2.31. The second kappa shape index (κ2) is 5.48. The molecule has 2 nitrogen and oxygen atoms in total. The van der Waals surface area contributed by atoms with Gasteiger partial charge in [0.1, 0.15) is 5.75 Å². The zero-order valence-electron chi connectivity index (χ0n) is 10.4. The third kappa shape index (κ3) is 5.73. The summed E-state index contributed by atoms with van der Waals surface area (Å²) in [5, 5.41) is 3.25. The second-order valence-corrected chi connectivity index (χ2v) is 5.77. The summed E-state index contributed by atoms with van der Waals surface area (Å²) < 4.78 is 40.4. The molecule has 102 valence electrons. The van der Waals surface area contributed by atoms with E-state index >= 15 is 0 Å². The van der Waals surface area contributed by atoms with Gasteiger partial charge in [-0.3, -0.25) is 0 Å². The summed E-state index contributed by atoms with van der Waals surface area (Å²) in [4.78, 5) is 0. The van der Waals surface area contributed by atoms with Crippen LogP contribution in [0.3, 0.4) is 0 Å². The van der Waals surface area contributed by atoms with E-state index in [9.17, 15) is 13.2 Å². The Morgan fingerprint density at radius 1 is 1.22 bits per heavy atom. The molecule has 0 amide bonds. The quantitative estimate of drug-likeness (QED) is 0.897. The van der Waals surface area contributed by atoms with Gasteiger partial charge in [0.2, 0.25) is 0 Å². The number of alkyl halides is 3. The Morgan fingerprint density at radius 3 is 2.28 bits per heavy atom. The van der Waals surface area contributed by atoms with Crippen LogP contribution in [0.25, 0.3) is 0 Å². The van der Waals surface area contributed by atoms with E-state index in [0.29, 0.717) is 6.54 Å². The molecule has 1 aromatic rings. The van der Waals surface area contributed by atoms with Gasteiger partial charge in [-0.2, -0.15) is 0 Å². The lowest BCUT2D eigenvalue weighted by Crippen LogP contribution is -2.35. The van der Waals surface area contributed by atoms with Gasteiger partial charge in [-0.25, -0.2) is 0 Å². The van der Waals surface area contributed by atoms with Crippen LogP contribution in [0.2, 0.25) is 0 Å². The third-order valence-corrected chi connectivity index (χ3v) is 2.66. The van der Waals surface area contributed by atoms with Crippen LogP contribution in [0, 0.1) is 0 Å². The Bertz CT molecular complexity index is 413. The SMILES string of the molecule is CC(C)(C)NCc1ccc(OC(F)(F)F)c(Br)c1. The average molecular weight is 326 g/mol. The van der Waals surface area contributed by atoms with Crippen LogP contribution in [0.5, 0.6) is 5.75 Å². The summed E-state index contributed by atoms with van der Waals surface area (Å²) in [6.45, 7) is 6.63. The maximum absolute atomic E-state index is 12.1. The molecule has 1 rings (SSSR count). The highest BCUT2D eigenvalue weighted by Gasteiger charge is 2.31. The Kier molecular flexibility index (Phi) is 4.66. The molecular weight excluding hydrogens is 311 g/mol. The Hall–Kier alpha value is -0.750. The molecule has 6 heteroatoms. The molecule has 0 spiro atoms. The van der Waals surface area contributed by atoms with Crippen LogP contribution in [-0.4, -0.2) is 11.9 Å². The van der Waals surface area contributed by atoms with Crippen molar-refractivity contribution in [2.75, 3.05) is 0 Å². The van der Waals surface area contributed by atoms with Crippen molar-refractivity contribution in [2.24, 2.45) is 0 Å². The molecule has 0 fully saturated rings. The molecule has 0 atom stereocenters. The largest absolute Gasteiger partial charge is 0.573 e. The van der Waals surface area contributed by atoms with Gasteiger partial charge in [0.15, 0.2) is 0 Å². The third-order valence-electron chi connectivity index (χ3n) is 2.04. The van der Waals surface area contributed by atoms with Gasteiger partial charge in [0.05, 0.1) is 4.47 Å². The van der Waals surface area contributed by atoms with Gasteiger partial charge in [0.25, 0.3) is 0 Å². The topological polar surface area (TPSA) is 21.3 Å². The molecule has 0 bridgehead atoms. The highest BCUT2D eigenvalue weighted by atomic mass is 79.9. The van der Waals surface area contributed by atoms with Crippen LogP contribution >= 0.6 is 15.9 Å². The van der Waals surface area contributed by atoms with Crippen molar-refractivity contribution in [3.05, 3.63) is 28.2 Å². The minimum Gasteiger partial charge on any atom is -0.405 e. The van der Waals surface area contributed by atoms with Crippen molar-refractivity contribution >= 4 is 15.9 Å². The van der Waals surface area contributed by atoms with Crippen molar-refractivity contribution in [1.82, 2.24) is 5.32 Å². The molecule has 1 aromatic carbocycles. The average Bonchev–Trinajstić information content (AvgIpc) is 2.15. The maximum Gasteiger partial charge on any atom is 0.573 e. The Balaban J connectivity index is 2.74. The number of halogens is 4. The molecule has 0 aliphatic carbocycles. The first-order valence-electron chi connectivity index (χ1n) is 5.36. The lowest BCUT2D eigenvalue weighted by molar-refractivity contribution is -0.274. The van der Waals surface area contributed by atoms with Gasteiger partial charge < -0.3 is 10.1 Å². The molecule has 18 heavy (non-hydrogen) atoms. The van der Waals surface area contributed by atoms with Crippen molar-refractivity contribution in [3.63, 3.8) is 0 Å². The van der Waals surface area contributed by atoms with E-state index in [1.54, 1.807) is 12.1 Å². The van der Waals surface area contributed by atoms with E-state index in [1.807, 2.05) is 20.8 Å². The van der Waals surface area contributed by atoms with Crippen LogP contribution in [0.1, 0.15) is 26.3 Å². The first-order valence-corrected chi connectivity index (χ1v) is 6.15. The number of nitrogens with one attached hydrogen (secondary N) is 1. The van der Waals surface area contributed by atoms with E-state index in [4.69, 9.17) is 0 Å². The minimum atomic E-state index is -4.67. The summed E-state index contributed by atoms with van der Waals surface area (Å²) in [6.07, 6.45) is -4.67. The monoisotopic (exact) mass is 325 g/mol. The van der Waals surface area contributed by atoms with Gasteiger partial charge in [0, 0.05) is 12.1 Å². The number of hydrogen-bond donors (Lipinski definition) is 1. The molecule has 1 N–H and O–H groups in total. The van der Waals surface area contributed by atoms with Gasteiger partial charge >= 0.3 is 6.36 Å². The van der Waals surface area contributed by atoms with Crippen molar-refractivity contribution in [2.45, 2.75) is 39.2 Å². The van der Waals surface area contributed by atoms with Crippen molar-refractivity contribution in [3.8, 4) is 5.75 Å². The first kappa shape index (κ1) is 15.3. The van der Waals surface area contributed by atoms with Crippen molar-refractivity contribution in [1.29, 1.82) is 0 Å². The number of rotatable bonds is 3. The van der Waals surface area contributed by atoms with Gasteiger partial charge in [-0.15, -0.1) is 13.2 Å². The summed E-state index contributed by atoms with van der Waals surface area (Å²) in [5.41, 5.74) is 0.833. The van der Waals surface area contributed by atoms with Crippen LogP contribution in [-0.2, 0) is 6.54 Å². The molecule has 0 aromatic heterocycles. The van der Waals surface area contributed by atoms with E-state index in [-0.39, 0.29) is 15.8 Å². The molecule has 0 radical (unpaired) electrons. The summed E-state index contributed by atoms with van der Waals surface area (Å²) >= 11 is 3.07. The molecular formula is C12H15BrF3NO. The lowest BCUT2D eigenvalue weighted by Gasteiger charge is -2.20. The summed E-state index contributed by atoms with van der Waals surface area (Å²) in [5.74, 6) is -0.234. The smallest absolute Gasteiger partial charge is 0.405 e. The van der Waals surface area contributed by atoms with Crippen LogP contribution < -0.4 is 10.1 Å². The predicted molar refractivity (Wildman–Crippen MR) is 67.4 cm³/mol. The van der Waals surface area contributed by atoms with E-state index < -0.39 is 6.36 Å². The van der Waals surface area contributed by atoms with E-state index in [0.717, 1.165) is 5.56 Å². The fourth-order valence-electron chi connectivity index (χ4n) is 1.23. The lowest BCUT2D eigenvalue weighted by atomic mass is 10.1. The standard InChI is InChI=1S/C12H15BrF3NO/c1-11(2,3)17-7-8-4-5-10(9(13)6-8)18-12(14,15)16/h4-6,17H,7H2,1-3H3.